The molecule has 2 aromatic heterocycles. The fourth-order valence-corrected chi connectivity index (χ4v) is 4.18. The molecule has 0 bridgehead atoms. The Bertz CT molecular complexity index is 910. The molecule has 0 spiro atoms. The van der Waals surface area contributed by atoms with Crippen molar-refractivity contribution >= 4 is 62.1 Å². The Kier molecular flexibility index (Phi) is 5.63. The summed E-state index contributed by atoms with van der Waals surface area (Å²) in [5.74, 6) is -0.154. The summed E-state index contributed by atoms with van der Waals surface area (Å²) in [7, 11) is 0. The van der Waals surface area contributed by atoms with E-state index in [2.05, 4.69) is 15.3 Å². The fraction of sp³-hybridized carbons (Fsp3) is 0.0714. The summed E-state index contributed by atoms with van der Waals surface area (Å²) in [4.78, 5) is 30.2. The van der Waals surface area contributed by atoms with Gasteiger partial charge in [0, 0.05) is 16.0 Å². The predicted molar refractivity (Wildman–Crippen MR) is 101 cm³/mol. The molecule has 0 fully saturated rings. The van der Waals surface area contributed by atoms with Crippen LogP contribution in [0, 0.1) is 10.1 Å². The molecule has 11 heteroatoms. The van der Waals surface area contributed by atoms with Crippen LogP contribution in [0.5, 0.6) is 0 Å². The molecule has 1 N–H and O–H groups in total. The van der Waals surface area contributed by atoms with Crippen LogP contribution in [-0.2, 0) is 4.79 Å². The van der Waals surface area contributed by atoms with Gasteiger partial charge in [-0.05, 0) is 23.5 Å². The first-order chi connectivity index (χ1) is 12.0. The van der Waals surface area contributed by atoms with Crippen LogP contribution in [0.2, 0.25) is 5.02 Å². The van der Waals surface area contributed by atoms with Crippen molar-refractivity contribution in [2.75, 3.05) is 11.1 Å². The summed E-state index contributed by atoms with van der Waals surface area (Å²) < 4.78 is 0.755. The van der Waals surface area contributed by atoms with E-state index in [0.717, 1.165) is 33.1 Å². The van der Waals surface area contributed by atoms with Gasteiger partial charge in [-0.15, -0.1) is 11.3 Å². The molecular formula is C14H9ClN4O3S3. The van der Waals surface area contributed by atoms with Gasteiger partial charge in [0.25, 0.3) is 0 Å². The quantitative estimate of drug-likeness (QED) is 0.362. The van der Waals surface area contributed by atoms with Crippen molar-refractivity contribution in [3.05, 3.63) is 51.0 Å². The molecule has 0 unspecified atom stereocenters. The largest absolute Gasteiger partial charge is 0.345 e. The van der Waals surface area contributed by atoms with E-state index in [-0.39, 0.29) is 21.8 Å². The van der Waals surface area contributed by atoms with E-state index in [1.165, 1.54) is 23.1 Å². The minimum absolute atomic E-state index is 0.115. The standard InChI is InChI=1S/C14H9ClN4O3S3/c15-9-3-1-8(2-4-9)10-6-23-14(17-10)24-7-11(20)18-13-16-5-12(25-13)19(21)22/h1-6H,7H2,(H,16,18,20). The van der Waals surface area contributed by atoms with Crippen LogP contribution in [0.25, 0.3) is 11.3 Å². The van der Waals surface area contributed by atoms with Crippen LogP contribution in [0.3, 0.4) is 0 Å². The molecule has 1 aromatic carbocycles. The van der Waals surface area contributed by atoms with Gasteiger partial charge in [-0.1, -0.05) is 35.5 Å². The highest BCUT2D eigenvalue weighted by Gasteiger charge is 2.14. The van der Waals surface area contributed by atoms with Crippen LogP contribution >= 0.6 is 46.0 Å². The predicted octanol–water partition coefficient (Wildman–Crippen LogP) is 4.56. The van der Waals surface area contributed by atoms with Gasteiger partial charge in [-0.2, -0.15) is 0 Å². The molecule has 0 aliphatic heterocycles. The van der Waals surface area contributed by atoms with Gasteiger partial charge in [-0.25, -0.2) is 9.97 Å². The Morgan fingerprint density at radius 1 is 1.36 bits per heavy atom. The number of rotatable bonds is 6. The number of benzene rings is 1. The first-order valence-electron chi connectivity index (χ1n) is 6.75. The second-order valence-electron chi connectivity index (χ2n) is 4.60. The molecule has 0 atom stereocenters. The van der Waals surface area contributed by atoms with Crippen LogP contribution in [0.15, 0.2) is 40.2 Å². The van der Waals surface area contributed by atoms with Crippen molar-refractivity contribution in [1.29, 1.82) is 0 Å². The number of nitrogens with one attached hydrogen (secondary N) is 1. The molecule has 7 nitrogen and oxygen atoms in total. The number of hydrogen-bond donors (Lipinski definition) is 1. The van der Waals surface area contributed by atoms with Gasteiger partial charge in [-0.3, -0.25) is 14.9 Å². The molecule has 0 radical (unpaired) electrons. The summed E-state index contributed by atoms with van der Waals surface area (Å²) in [5.41, 5.74) is 1.77. The van der Waals surface area contributed by atoms with Gasteiger partial charge >= 0.3 is 5.00 Å². The number of nitro groups is 1. The molecule has 2 heterocycles. The third-order valence-corrected chi connectivity index (χ3v) is 6.01. The van der Waals surface area contributed by atoms with Gasteiger partial charge in [0.2, 0.25) is 5.91 Å². The van der Waals surface area contributed by atoms with Crippen LogP contribution in [0.4, 0.5) is 10.1 Å². The maximum absolute atomic E-state index is 11.9. The molecule has 128 valence electrons. The summed E-state index contributed by atoms with van der Waals surface area (Å²) >= 11 is 9.42. The number of thioether (sulfide) groups is 1. The fourth-order valence-electron chi connectivity index (χ4n) is 1.77. The monoisotopic (exact) mass is 412 g/mol. The SMILES string of the molecule is O=C(CSc1nc(-c2ccc(Cl)cc2)cs1)Nc1ncc([N+](=O)[O-])s1. The Morgan fingerprint density at radius 3 is 2.80 bits per heavy atom. The van der Waals surface area contributed by atoms with E-state index in [1.807, 2.05) is 17.5 Å². The minimum atomic E-state index is -0.546. The lowest BCUT2D eigenvalue weighted by Crippen LogP contribution is -2.13. The van der Waals surface area contributed by atoms with Crippen molar-refractivity contribution in [1.82, 2.24) is 9.97 Å². The average molecular weight is 413 g/mol. The van der Waals surface area contributed by atoms with Gasteiger partial charge < -0.3 is 5.32 Å². The molecule has 3 aromatic rings. The molecule has 25 heavy (non-hydrogen) atoms. The Balaban J connectivity index is 1.55. The number of hydrogen-bond acceptors (Lipinski definition) is 8. The number of carbonyl (C=O) groups is 1. The van der Waals surface area contributed by atoms with Crippen molar-refractivity contribution in [3.63, 3.8) is 0 Å². The van der Waals surface area contributed by atoms with Crippen LogP contribution in [0.1, 0.15) is 0 Å². The van der Waals surface area contributed by atoms with Gasteiger partial charge in [0.15, 0.2) is 9.47 Å². The third-order valence-electron chi connectivity index (χ3n) is 2.87. The van der Waals surface area contributed by atoms with E-state index in [1.54, 1.807) is 12.1 Å². The minimum Gasteiger partial charge on any atom is -0.301 e. The average Bonchev–Trinajstić information content (AvgIpc) is 3.23. The number of amides is 1. The lowest BCUT2D eigenvalue weighted by molar-refractivity contribution is -0.380. The zero-order chi connectivity index (χ0) is 17.8. The summed E-state index contributed by atoms with van der Waals surface area (Å²) in [5, 5.41) is 15.8. The molecule has 1 amide bonds. The number of carbonyl (C=O) groups excluding carboxylic acids is 1. The molecule has 0 saturated heterocycles. The second-order valence-corrected chi connectivity index (χ2v) is 8.13. The lowest BCUT2D eigenvalue weighted by atomic mass is 10.2. The normalized spacial score (nSPS) is 10.6. The Labute approximate surface area is 159 Å². The number of thiazole rings is 2. The van der Waals surface area contributed by atoms with E-state index in [4.69, 9.17) is 11.6 Å². The van der Waals surface area contributed by atoms with Crippen molar-refractivity contribution < 1.29 is 9.72 Å². The molecule has 3 rings (SSSR count). The molecule has 0 aliphatic rings. The van der Waals surface area contributed by atoms with Crippen molar-refractivity contribution in [2.24, 2.45) is 0 Å². The molecule has 0 saturated carbocycles. The number of anilines is 1. The van der Waals surface area contributed by atoms with Crippen molar-refractivity contribution in [2.45, 2.75) is 4.34 Å². The first-order valence-corrected chi connectivity index (χ1v) is 9.81. The van der Waals surface area contributed by atoms with E-state index in [9.17, 15) is 14.9 Å². The maximum Gasteiger partial charge on any atom is 0.345 e. The summed E-state index contributed by atoms with van der Waals surface area (Å²) in [6.07, 6.45) is 1.12. The number of aromatic nitrogens is 2. The van der Waals surface area contributed by atoms with Crippen LogP contribution in [-0.4, -0.2) is 26.6 Å². The highest BCUT2D eigenvalue weighted by molar-refractivity contribution is 8.01. The highest BCUT2D eigenvalue weighted by Crippen LogP contribution is 2.29. The third kappa shape index (κ3) is 4.75. The zero-order valence-electron chi connectivity index (χ0n) is 12.3. The Morgan fingerprint density at radius 2 is 2.12 bits per heavy atom. The van der Waals surface area contributed by atoms with Crippen molar-refractivity contribution in [3.8, 4) is 11.3 Å². The smallest absolute Gasteiger partial charge is 0.301 e. The number of halogens is 1. The summed E-state index contributed by atoms with van der Waals surface area (Å²) in [6.45, 7) is 0. The maximum atomic E-state index is 11.9. The second kappa shape index (κ2) is 7.91. The van der Waals surface area contributed by atoms with Gasteiger partial charge in [0.1, 0.15) is 6.20 Å². The summed E-state index contributed by atoms with van der Waals surface area (Å²) in [6, 6.07) is 7.36. The Hall–Kier alpha value is -2.01. The van der Waals surface area contributed by atoms with E-state index in [0.29, 0.717) is 5.02 Å². The zero-order valence-corrected chi connectivity index (χ0v) is 15.5. The van der Waals surface area contributed by atoms with E-state index >= 15 is 0 Å². The van der Waals surface area contributed by atoms with E-state index < -0.39 is 4.92 Å². The molecule has 0 aliphatic carbocycles. The number of nitrogens with zero attached hydrogens (tertiary/aromatic N) is 3. The molecular weight excluding hydrogens is 404 g/mol. The topological polar surface area (TPSA) is 98.0 Å². The van der Waals surface area contributed by atoms with Gasteiger partial charge in [0.05, 0.1) is 16.4 Å². The lowest BCUT2D eigenvalue weighted by Gasteiger charge is -1.99. The first kappa shape index (κ1) is 17.8. The van der Waals surface area contributed by atoms with Crippen LogP contribution < -0.4 is 5.32 Å². The highest BCUT2D eigenvalue weighted by atomic mass is 35.5.